The lowest BCUT2D eigenvalue weighted by molar-refractivity contribution is -0.132. The van der Waals surface area contributed by atoms with Gasteiger partial charge in [-0.15, -0.1) is 11.3 Å². The first kappa shape index (κ1) is 17.2. The zero-order chi connectivity index (χ0) is 16.3. The maximum atomic E-state index is 12.7. The Morgan fingerprint density at radius 1 is 1.50 bits per heavy atom. The lowest BCUT2D eigenvalue weighted by atomic mass is 10.1. The van der Waals surface area contributed by atoms with Crippen LogP contribution in [-0.2, 0) is 9.53 Å². The Bertz CT molecular complexity index is 518. The molecule has 0 aliphatic carbocycles. The monoisotopic (exact) mass is 336 g/mol. The van der Waals surface area contributed by atoms with Crippen molar-refractivity contribution in [1.29, 1.82) is 0 Å². The molecule has 0 bridgehead atoms. The summed E-state index contributed by atoms with van der Waals surface area (Å²) in [4.78, 5) is 16.9. The molecule has 1 fully saturated rings. The predicted molar refractivity (Wildman–Crippen MR) is 78.1 cm³/mol. The standard InChI is InChI=1S/C14H19F3N2O2S/c1-9-7-22-13(18-9)19(8-14(15,16)17)12(20)6-5-11-4-3-10(2)21-11/h7,10-11H,3-6,8H2,1-2H3/t10-,11-/m0/s1. The molecule has 1 amide bonds. The van der Waals surface area contributed by atoms with Crippen LogP contribution in [0.2, 0.25) is 0 Å². The zero-order valence-electron chi connectivity index (χ0n) is 12.5. The molecule has 1 aromatic rings. The number of ether oxygens (including phenoxy) is 1. The van der Waals surface area contributed by atoms with E-state index in [1.54, 1.807) is 12.3 Å². The number of hydrogen-bond donors (Lipinski definition) is 0. The number of carbonyl (C=O) groups is 1. The van der Waals surface area contributed by atoms with Crippen LogP contribution in [0.15, 0.2) is 5.38 Å². The van der Waals surface area contributed by atoms with Crippen LogP contribution >= 0.6 is 11.3 Å². The van der Waals surface area contributed by atoms with Gasteiger partial charge in [0.2, 0.25) is 5.91 Å². The molecule has 2 rings (SSSR count). The van der Waals surface area contributed by atoms with Crippen molar-refractivity contribution in [2.24, 2.45) is 0 Å². The van der Waals surface area contributed by atoms with Gasteiger partial charge in [0.1, 0.15) is 6.54 Å². The van der Waals surface area contributed by atoms with E-state index in [0.29, 0.717) is 12.1 Å². The highest BCUT2D eigenvalue weighted by atomic mass is 32.1. The molecule has 0 spiro atoms. The minimum Gasteiger partial charge on any atom is -0.375 e. The lowest BCUT2D eigenvalue weighted by Gasteiger charge is -2.22. The van der Waals surface area contributed by atoms with E-state index in [1.165, 1.54) is 0 Å². The molecule has 0 aromatic carbocycles. The Kier molecular flexibility index (Phi) is 5.44. The Morgan fingerprint density at radius 3 is 2.73 bits per heavy atom. The van der Waals surface area contributed by atoms with Crippen molar-refractivity contribution in [1.82, 2.24) is 4.98 Å². The van der Waals surface area contributed by atoms with Gasteiger partial charge in [0, 0.05) is 11.8 Å². The van der Waals surface area contributed by atoms with Gasteiger partial charge >= 0.3 is 6.18 Å². The van der Waals surface area contributed by atoms with Gasteiger partial charge < -0.3 is 4.74 Å². The van der Waals surface area contributed by atoms with Crippen molar-refractivity contribution in [2.75, 3.05) is 11.4 Å². The predicted octanol–water partition coefficient (Wildman–Crippen LogP) is 3.69. The summed E-state index contributed by atoms with van der Waals surface area (Å²) < 4.78 is 43.7. The van der Waals surface area contributed by atoms with Crippen LogP contribution in [0.5, 0.6) is 0 Å². The first-order valence-corrected chi connectivity index (χ1v) is 8.07. The molecule has 4 nitrogen and oxygen atoms in total. The summed E-state index contributed by atoms with van der Waals surface area (Å²) in [6.07, 6.45) is -2.07. The third-order valence-electron chi connectivity index (χ3n) is 3.48. The van der Waals surface area contributed by atoms with Gasteiger partial charge in [-0.1, -0.05) is 0 Å². The Labute approximate surface area is 131 Å². The quantitative estimate of drug-likeness (QED) is 0.823. The number of rotatable bonds is 5. The van der Waals surface area contributed by atoms with Crippen molar-refractivity contribution in [3.63, 3.8) is 0 Å². The molecule has 124 valence electrons. The van der Waals surface area contributed by atoms with E-state index in [4.69, 9.17) is 4.74 Å². The second-order valence-electron chi connectivity index (χ2n) is 5.55. The van der Waals surface area contributed by atoms with Crippen molar-refractivity contribution in [3.8, 4) is 0 Å². The third kappa shape index (κ3) is 4.95. The van der Waals surface area contributed by atoms with Crippen LogP contribution in [-0.4, -0.2) is 35.8 Å². The van der Waals surface area contributed by atoms with Crippen molar-refractivity contribution >= 4 is 22.4 Å². The molecule has 1 saturated heterocycles. The van der Waals surface area contributed by atoms with Gasteiger partial charge in [-0.2, -0.15) is 13.2 Å². The summed E-state index contributed by atoms with van der Waals surface area (Å²) in [6, 6.07) is 0. The largest absolute Gasteiger partial charge is 0.406 e. The Balaban J connectivity index is 1.99. The smallest absolute Gasteiger partial charge is 0.375 e. The summed E-state index contributed by atoms with van der Waals surface area (Å²) in [5.41, 5.74) is 0.605. The summed E-state index contributed by atoms with van der Waals surface area (Å²) >= 11 is 1.05. The fourth-order valence-corrected chi connectivity index (χ4v) is 3.24. The number of aromatic nitrogens is 1. The van der Waals surface area contributed by atoms with Crippen LogP contribution in [0, 0.1) is 6.92 Å². The van der Waals surface area contributed by atoms with Gasteiger partial charge in [0.25, 0.3) is 0 Å². The number of amides is 1. The van der Waals surface area contributed by atoms with E-state index in [-0.39, 0.29) is 23.8 Å². The topological polar surface area (TPSA) is 42.4 Å². The van der Waals surface area contributed by atoms with E-state index in [1.807, 2.05) is 6.92 Å². The molecule has 22 heavy (non-hydrogen) atoms. The number of aryl methyl sites for hydroxylation is 1. The van der Waals surface area contributed by atoms with Crippen LogP contribution in [0.25, 0.3) is 0 Å². The van der Waals surface area contributed by atoms with Crippen LogP contribution < -0.4 is 4.90 Å². The van der Waals surface area contributed by atoms with Crippen LogP contribution in [0.1, 0.15) is 38.3 Å². The highest BCUT2D eigenvalue weighted by Crippen LogP contribution is 2.27. The number of nitrogens with zero attached hydrogens (tertiary/aromatic N) is 2. The third-order valence-corrected chi connectivity index (χ3v) is 4.46. The first-order chi connectivity index (χ1) is 10.2. The van der Waals surface area contributed by atoms with E-state index < -0.39 is 18.6 Å². The number of anilines is 1. The molecule has 0 saturated carbocycles. The summed E-state index contributed by atoms with van der Waals surface area (Å²) in [5, 5.41) is 1.73. The molecule has 2 heterocycles. The maximum absolute atomic E-state index is 12.7. The second kappa shape index (κ2) is 6.95. The molecule has 8 heteroatoms. The van der Waals surface area contributed by atoms with E-state index in [2.05, 4.69) is 4.98 Å². The molecule has 1 aromatic heterocycles. The van der Waals surface area contributed by atoms with Crippen molar-refractivity contribution in [2.45, 2.75) is 57.9 Å². The number of carbonyl (C=O) groups excluding carboxylic acids is 1. The molecule has 1 aliphatic heterocycles. The maximum Gasteiger partial charge on any atom is 0.406 e. The zero-order valence-corrected chi connectivity index (χ0v) is 13.3. The summed E-state index contributed by atoms with van der Waals surface area (Å²) in [7, 11) is 0. The number of thiazole rings is 1. The van der Waals surface area contributed by atoms with Gasteiger partial charge in [-0.3, -0.25) is 9.69 Å². The number of hydrogen-bond acceptors (Lipinski definition) is 4. The number of alkyl halides is 3. The van der Waals surface area contributed by atoms with Crippen LogP contribution in [0.3, 0.4) is 0 Å². The first-order valence-electron chi connectivity index (χ1n) is 7.19. The lowest BCUT2D eigenvalue weighted by Crippen LogP contribution is -2.39. The van der Waals surface area contributed by atoms with Gasteiger partial charge in [-0.25, -0.2) is 4.98 Å². The van der Waals surface area contributed by atoms with E-state index >= 15 is 0 Å². The Hall–Kier alpha value is -1.15. The number of halogens is 3. The molecular weight excluding hydrogens is 317 g/mol. The average molecular weight is 336 g/mol. The van der Waals surface area contributed by atoms with Crippen molar-refractivity contribution in [3.05, 3.63) is 11.1 Å². The average Bonchev–Trinajstić information content (AvgIpc) is 3.01. The van der Waals surface area contributed by atoms with Gasteiger partial charge in [0.05, 0.1) is 17.9 Å². The summed E-state index contributed by atoms with van der Waals surface area (Å²) in [6.45, 7) is 2.33. The molecule has 2 atom stereocenters. The minimum absolute atomic E-state index is 0.0338. The molecule has 0 radical (unpaired) electrons. The molecule has 1 aliphatic rings. The van der Waals surface area contributed by atoms with E-state index in [9.17, 15) is 18.0 Å². The highest BCUT2D eigenvalue weighted by Gasteiger charge is 2.35. The second-order valence-corrected chi connectivity index (χ2v) is 6.39. The van der Waals surface area contributed by atoms with Crippen LogP contribution in [0.4, 0.5) is 18.3 Å². The molecular formula is C14H19F3N2O2S. The highest BCUT2D eigenvalue weighted by molar-refractivity contribution is 7.14. The molecule has 0 unspecified atom stereocenters. The fraction of sp³-hybridized carbons (Fsp3) is 0.714. The molecule has 0 N–H and O–H groups in total. The van der Waals surface area contributed by atoms with Gasteiger partial charge in [-0.05, 0) is 33.1 Å². The van der Waals surface area contributed by atoms with Gasteiger partial charge in [0.15, 0.2) is 5.13 Å². The van der Waals surface area contributed by atoms with Crippen molar-refractivity contribution < 1.29 is 22.7 Å². The summed E-state index contributed by atoms with van der Waals surface area (Å²) in [5.74, 6) is -0.560. The van der Waals surface area contributed by atoms with E-state index in [0.717, 1.165) is 29.1 Å². The Morgan fingerprint density at radius 2 is 2.23 bits per heavy atom. The SMILES string of the molecule is Cc1csc(N(CC(F)(F)F)C(=O)CC[C@@H]2CC[C@H](C)O2)n1. The fourth-order valence-electron chi connectivity index (χ4n) is 2.42. The minimum atomic E-state index is -4.45. The normalized spacial score (nSPS) is 22.0.